The Bertz CT molecular complexity index is 936. The van der Waals surface area contributed by atoms with Gasteiger partial charge in [-0.15, -0.1) is 11.3 Å². The molecule has 3 aromatic rings. The van der Waals surface area contributed by atoms with Crippen LogP contribution < -0.4 is 10.2 Å². The standard InChI is InChI=1S/C20H18FN3O2S/c21-15-6-4-14(5-7-15)20-23-18(13-27-20)19(25)22-16-2-1-3-17(12-16)24-8-10-26-11-9-24/h1-7,12-13H,8-11H2,(H,22,25). The minimum absolute atomic E-state index is 0.265. The van der Waals surface area contributed by atoms with Crippen molar-refractivity contribution in [2.75, 3.05) is 36.5 Å². The van der Waals surface area contributed by atoms with Crippen LogP contribution in [0.5, 0.6) is 0 Å². The Morgan fingerprint density at radius 2 is 1.93 bits per heavy atom. The summed E-state index contributed by atoms with van der Waals surface area (Å²) in [5.74, 6) is -0.563. The molecular weight excluding hydrogens is 365 g/mol. The molecule has 1 aliphatic heterocycles. The number of carbonyl (C=O) groups is 1. The highest BCUT2D eigenvalue weighted by Crippen LogP contribution is 2.25. The number of amides is 1. The third-order valence-electron chi connectivity index (χ3n) is 4.31. The number of nitrogens with zero attached hydrogens (tertiary/aromatic N) is 2. The molecule has 1 fully saturated rings. The van der Waals surface area contributed by atoms with Gasteiger partial charge in [0.25, 0.3) is 5.91 Å². The van der Waals surface area contributed by atoms with Gasteiger partial charge in [0, 0.05) is 35.4 Å². The van der Waals surface area contributed by atoms with Gasteiger partial charge in [-0.1, -0.05) is 6.07 Å². The fourth-order valence-electron chi connectivity index (χ4n) is 2.90. The average molecular weight is 383 g/mol. The van der Waals surface area contributed by atoms with Crippen LogP contribution in [0.1, 0.15) is 10.5 Å². The normalized spacial score (nSPS) is 14.2. The number of carbonyl (C=O) groups excluding carboxylic acids is 1. The maximum Gasteiger partial charge on any atom is 0.275 e. The zero-order chi connectivity index (χ0) is 18.6. The lowest BCUT2D eigenvalue weighted by Crippen LogP contribution is -2.36. The van der Waals surface area contributed by atoms with Crippen LogP contribution in [0.25, 0.3) is 10.6 Å². The number of aromatic nitrogens is 1. The molecule has 0 radical (unpaired) electrons. The number of ether oxygens (including phenoxy) is 1. The van der Waals surface area contributed by atoms with Gasteiger partial charge in [0.1, 0.15) is 16.5 Å². The molecule has 2 heterocycles. The molecule has 1 amide bonds. The monoisotopic (exact) mass is 383 g/mol. The Kier molecular flexibility index (Phi) is 5.13. The lowest BCUT2D eigenvalue weighted by Gasteiger charge is -2.29. The number of hydrogen-bond donors (Lipinski definition) is 1. The van der Waals surface area contributed by atoms with Crippen LogP contribution >= 0.6 is 11.3 Å². The molecule has 0 atom stereocenters. The van der Waals surface area contributed by atoms with E-state index in [4.69, 9.17) is 4.74 Å². The van der Waals surface area contributed by atoms with Crippen molar-refractivity contribution >= 4 is 28.6 Å². The molecule has 5 nitrogen and oxygen atoms in total. The molecule has 2 aromatic carbocycles. The third-order valence-corrected chi connectivity index (χ3v) is 5.20. The van der Waals surface area contributed by atoms with Gasteiger partial charge in [0.05, 0.1) is 13.2 Å². The van der Waals surface area contributed by atoms with Gasteiger partial charge in [-0.05, 0) is 42.5 Å². The average Bonchev–Trinajstić information content (AvgIpc) is 3.20. The van der Waals surface area contributed by atoms with E-state index in [9.17, 15) is 9.18 Å². The molecule has 0 saturated carbocycles. The van der Waals surface area contributed by atoms with Gasteiger partial charge in [-0.2, -0.15) is 0 Å². The topological polar surface area (TPSA) is 54.5 Å². The molecule has 1 N–H and O–H groups in total. The van der Waals surface area contributed by atoms with Crippen molar-refractivity contribution in [1.29, 1.82) is 0 Å². The summed E-state index contributed by atoms with van der Waals surface area (Å²) in [5, 5.41) is 5.29. The van der Waals surface area contributed by atoms with E-state index >= 15 is 0 Å². The van der Waals surface area contributed by atoms with Crippen molar-refractivity contribution in [3.63, 3.8) is 0 Å². The molecule has 4 rings (SSSR count). The van der Waals surface area contributed by atoms with Crippen molar-refractivity contribution in [2.24, 2.45) is 0 Å². The lowest BCUT2D eigenvalue weighted by atomic mass is 10.2. The van der Waals surface area contributed by atoms with E-state index < -0.39 is 0 Å². The summed E-state index contributed by atoms with van der Waals surface area (Å²) in [5.41, 5.74) is 2.91. The Hall–Kier alpha value is -2.77. The van der Waals surface area contributed by atoms with Gasteiger partial charge >= 0.3 is 0 Å². The first-order valence-electron chi connectivity index (χ1n) is 8.64. The predicted octanol–water partition coefficient (Wildman–Crippen LogP) is 4.04. The molecule has 27 heavy (non-hydrogen) atoms. The van der Waals surface area contributed by atoms with Crippen LogP contribution in [-0.4, -0.2) is 37.2 Å². The number of morpholine rings is 1. The van der Waals surface area contributed by atoms with Crippen LogP contribution in [0.4, 0.5) is 15.8 Å². The summed E-state index contributed by atoms with van der Waals surface area (Å²) in [6.07, 6.45) is 0. The number of anilines is 2. The quantitative estimate of drug-likeness (QED) is 0.739. The third kappa shape index (κ3) is 4.15. The van der Waals surface area contributed by atoms with Crippen LogP contribution in [0.2, 0.25) is 0 Å². The second-order valence-electron chi connectivity index (χ2n) is 6.15. The zero-order valence-corrected chi connectivity index (χ0v) is 15.3. The number of halogens is 1. The second-order valence-corrected chi connectivity index (χ2v) is 7.01. The molecular formula is C20H18FN3O2S. The maximum absolute atomic E-state index is 13.1. The van der Waals surface area contributed by atoms with Crippen molar-refractivity contribution in [2.45, 2.75) is 0 Å². The zero-order valence-electron chi connectivity index (χ0n) is 14.5. The van der Waals surface area contributed by atoms with E-state index in [0.717, 1.165) is 30.0 Å². The second kappa shape index (κ2) is 7.85. The van der Waals surface area contributed by atoms with Crippen molar-refractivity contribution < 1.29 is 13.9 Å². The molecule has 1 saturated heterocycles. The molecule has 1 aliphatic rings. The largest absolute Gasteiger partial charge is 0.378 e. The van der Waals surface area contributed by atoms with Crippen molar-refractivity contribution in [1.82, 2.24) is 4.98 Å². The van der Waals surface area contributed by atoms with Crippen LogP contribution in [0.3, 0.4) is 0 Å². The van der Waals surface area contributed by atoms with Gasteiger partial charge < -0.3 is 15.0 Å². The first-order valence-corrected chi connectivity index (χ1v) is 9.52. The summed E-state index contributed by atoms with van der Waals surface area (Å²) >= 11 is 1.36. The van der Waals surface area contributed by atoms with E-state index in [1.54, 1.807) is 17.5 Å². The Labute approximate surface area is 160 Å². The van der Waals surface area contributed by atoms with Crippen molar-refractivity contribution in [3.8, 4) is 10.6 Å². The highest BCUT2D eigenvalue weighted by Gasteiger charge is 2.14. The van der Waals surface area contributed by atoms with E-state index in [-0.39, 0.29) is 11.7 Å². The highest BCUT2D eigenvalue weighted by molar-refractivity contribution is 7.13. The molecule has 0 bridgehead atoms. The smallest absolute Gasteiger partial charge is 0.275 e. The maximum atomic E-state index is 13.1. The predicted molar refractivity (Wildman–Crippen MR) is 105 cm³/mol. The Morgan fingerprint density at radius 3 is 2.70 bits per heavy atom. The van der Waals surface area contributed by atoms with E-state index in [2.05, 4.69) is 15.2 Å². The van der Waals surface area contributed by atoms with E-state index in [1.807, 2.05) is 24.3 Å². The summed E-state index contributed by atoms with van der Waals surface area (Å²) in [6, 6.07) is 13.8. The van der Waals surface area contributed by atoms with E-state index in [0.29, 0.717) is 23.9 Å². The fourth-order valence-corrected chi connectivity index (χ4v) is 3.71. The minimum Gasteiger partial charge on any atom is -0.378 e. The summed E-state index contributed by atoms with van der Waals surface area (Å²) in [6.45, 7) is 3.10. The van der Waals surface area contributed by atoms with Crippen molar-refractivity contribution in [3.05, 3.63) is 65.4 Å². The number of hydrogen-bond acceptors (Lipinski definition) is 5. The van der Waals surface area contributed by atoms with Gasteiger partial charge in [-0.3, -0.25) is 4.79 Å². The van der Waals surface area contributed by atoms with E-state index in [1.165, 1.54) is 23.5 Å². The summed E-state index contributed by atoms with van der Waals surface area (Å²) < 4.78 is 18.4. The number of nitrogens with one attached hydrogen (secondary N) is 1. The SMILES string of the molecule is O=C(Nc1cccc(N2CCOCC2)c1)c1csc(-c2ccc(F)cc2)n1. The first-order chi connectivity index (χ1) is 13.2. The molecule has 7 heteroatoms. The number of rotatable bonds is 4. The highest BCUT2D eigenvalue weighted by atomic mass is 32.1. The van der Waals surface area contributed by atoms with Crippen LogP contribution in [0, 0.1) is 5.82 Å². The molecule has 138 valence electrons. The summed E-state index contributed by atoms with van der Waals surface area (Å²) in [7, 11) is 0. The Balaban J connectivity index is 1.47. The lowest BCUT2D eigenvalue weighted by molar-refractivity contribution is 0.102. The van der Waals surface area contributed by atoms with Crippen LogP contribution in [0.15, 0.2) is 53.9 Å². The molecule has 1 aromatic heterocycles. The Morgan fingerprint density at radius 1 is 1.15 bits per heavy atom. The van der Waals surface area contributed by atoms with Gasteiger partial charge in [0.2, 0.25) is 0 Å². The molecule has 0 aliphatic carbocycles. The number of benzene rings is 2. The summed E-state index contributed by atoms with van der Waals surface area (Å²) in [4.78, 5) is 19.1. The molecule has 0 spiro atoms. The van der Waals surface area contributed by atoms with Gasteiger partial charge in [0.15, 0.2) is 0 Å². The van der Waals surface area contributed by atoms with Gasteiger partial charge in [-0.25, -0.2) is 9.37 Å². The molecule has 0 unspecified atom stereocenters. The fraction of sp³-hybridized carbons (Fsp3) is 0.200. The number of thiazole rings is 1. The minimum atomic E-state index is -0.298. The van der Waals surface area contributed by atoms with Crippen LogP contribution in [-0.2, 0) is 4.74 Å². The first kappa shape index (κ1) is 17.6.